The minimum Gasteiger partial charge on any atom is -0.457 e. The molecule has 4 aliphatic rings. The van der Waals surface area contributed by atoms with Crippen LogP contribution in [-0.4, -0.2) is 24.1 Å². The molecule has 0 heterocycles. The van der Waals surface area contributed by atoms with Crippen molar-refractivity contribution >= 4 is 17.5 Å². The smallest absolute Gasteiger partial charge is 0.303 e. The van der Waals surface area contributed by atoms with Crippen molar-refractivity contribution in [1.29, 1.82) is 0 Å². The predicted molar refractivity (Wildman–Crippen MR) is 106 cm³/mol. The van der Waals surface area contributed by atoms with Gasteiger partial charge in [0.25, 0.3) is 0 Å². The Morgan fingerprint density at radius 2 is 2.00 bits per heavy atom. The fraction of sp³-hybridized carbons (Fsp3) is 0.625. The van der Waals surface area contributed by atoms with Gasteiger partial charge in [-0.15, -0.1) is 0 Å². The summed E-state index contributed by atoms with van der Waals surface area (Å²) < 4.78 is 5.02. The lowest BCUT2D eigenvalue weighted by Gasteiger charge is -2.53. The zero-order chi connectivity index (χ0) is 20.3. The molecule has 1 fully saturated rings. The van der Waals surface area contributed by atoms with Gasteiger partial charge in [0.2, 0.25) is 0 Å². The van der Waals surface area contributed by atoms with E-state index in [2.05, 4.69) is 26.8 Å². The number of rotatable bonds is 3. The van der Waals surface area contributed by atoms with Gasteiger partial charge >= 0.3 is 5.97 Å². The monoisotopic (exact) mass is 382 g/mol. The average Bonchev–Trinajstić information content (AvgIpc) is 2.90. The van der Waals surface area contributed by atoms with E-state index in [4.69, 9.17) is 4.74 Å². The first-order valence-corrected chi connectivity index (χ1v) is 10.5. The largest absolute Gasteiger partial charge is 0.457 e. The van der Waals surface area contributed by atoms with Crippen LogP contribution in [0.5, 0.6) is 0 Å². The van der Waals surface area contributed by atoms with Crippen molar-refractivity contribution in [2.75, 3.05) is 6.61 Å². The summed E-state index contributed by atoms with van der Waals surface area (Å²) in [6.07, 6.45) is 9.64. The molecule has 0 aromatic heterocycles. The maximum atomic E-state index is 12.9. The van der Waals surface area contributed by atoms with E-state index in [-0.39, 0.29) is 29.0 Å². The maximum absolute atomic E-state index is 12.9. The highest BCUT2D eigenvalue weighted by molar-refractivity contribution is 6.00. The second-order valence-corrected chi connectivity index (χ2v) is 9.56. The van der Waals surface area contributed by atoms with Crippen LogP contribution in [0, 0.1) is 22.7 Å². The van der Waals surface area contributed by atoms with E-state index in [1.807, 2.05) is 6.08 Å². The highest BCUT2D eigenvalue weighted by Crippen LogP contribution is 2.64. The van der Waals surface area contributed by atoms with Gasteiger partial charge in [0, 0.05) is 29.7 Å². The molecule has 2 unspecified atom stereocenters. The number of carbonyl (C=O) groups excluding carboxylic acids is 3. The van der Waals surface area contributed by atoms with Gasteiger partial charge < -0.3 is 4.74 Å². The maximum Gasteiger partial charge on any atom is 0.303 e. The van der Waals surface area contributed by atoms with Crippen molar-refractivity contribution in [1.82, 2.24) is 0 Å². The first-order chi connectivity index (χ1) is 13.2. The summed E-state index contributed by atoms with van der Waals surface area (Å²) in [5, 5.41) is 0. The first kappa shape index (κ1) is 19.4. The minimum atomic E-state index is -0.413. The topological polar surface area (TPSA) is 60.4 Å². The number of allylic oxidation sites excluding steroid dienone is 5. The summed E-state index contributed by atoms with van der Waals surface area (Å²) in [5.74, 6) is 0.690. The lowest BCUT2D eigenvalue weighted by Crippen LogP contribution is -2.44. The second-order valence-electron chi connectivity index (χ2n) is 9.56. The SMILES string of the molecule is CC(=O)OCC(=O)C1=C(C)CC2C3CCC4=CC(=O)CC[C@]4(C)C3=CC[C@]12C. The molecule has 0 radical (unpaired) electrons. The van der Waals surface area contributed by atoms with Crippen molar-refractivity contribution < 1.29 is 19.1 Å². The van der Waals surface area contributed by atoms with E-state index in [9.17, 15) is 14.4 Å². The van der Waals surface area contributed by atoms with E-state index >= 15 is 0 Å². The van der Waals surface area contributed by atoms with Crippen LogP contribution in [0.25, 0.3) is 0 Å². The fourth-order valence-electron chi connectivity index (χ4n) is 6.60. The van der Waals surface area contributed by atoms with Gasteiger partial charge in [-0.3, -0.25) is 14.4 Å². The summed E-state index contributed by atoms with van der Waals surface area (Å²) in [5.41, 5.74) is 4.68. The van der Waals surface area contributed by atoms with Crippen LogP contribution in [-0.2, 0) is 19.1 Å². The molecule has 0 aromatic carbocycles. The Hall–Kier alpha value is -1.97. The second kappa shape index (κ2) is 6.53. The van der Waals surface area contributed by atoms with Crippen molar-refractivity contribution in [2.45, 2.75) is 66.2 Å². The van der Waals surface area contributed by atoms with Crippen molar-refractivity contribution in [3.05, 3.63) is 34.4 Å². The van der Waals surface area contributed by atoms with Gasteiger partial charge in [0.1, 0.15) is 0 Å². The zero-order valence-electron chi connectivity index (χ0n) is 17.4. The molecule has 0 saturated heterocycles. The van der Waals surface area contributed by atoms with Gasteiger partial charge in [-0.2, -0.15) is 0 Å². The molecule has 1 saturated carbocycles. The molecule has 4 atom stereocenters. The van der Waals surface area contributed by atoms with E-state index in [0.717, 1.165) is 43.3 Å². The zero-order valence-corrected chi connectivity index (χ0v) is 17.4. The molecule has 0 aromatic rings. The third-order valence-electron chi connectivity index (χ3n) is 7.94. The summed E-state index contributed by atoms with van der Waals surface area (Å²) in [7, 11) is 0. The van der Waals surface area contributed by atoms with Crippen molar-refractivity contribution in [2.24, 2.45) is 22.7 Å². The molecule has 4 rings (SSSR count). The number of esters is 1. The highest BCUT2D eigenvalue weighted by atomic mass is 16.5. The minimum absolute atomic E-state index is 0.0105. The van der Waals surface area contributed by atoms with Crippen LogP contribution in [0.1, 0.15) is 66.2 Å². The Morgan fingerprint density at radius 3 is 2.71 bits per heavy atom. The Labute approximate surface area is 167 Å². The van der Waals surface area contributed by atoms with Crippen LogP contribution in [0.4, 0.5) is 0 Å². The Balaban J connectivity index is 1.67. The third kappa shape index (κ3) is 2.75. The summed E-state index contributed by atoms with van der Waals surface area (Å²) in [4.78, 5) is 36.0. The number of hydrogen-bond donors (Lipinski definition) is 0. The molecule has 0 spiro atoms. The predicted octanol–water partition coefficient (Wildman–Crippen LogP) is 4.50. The van der Waals surface area contributed by atoms with E-state index in [1.54, 1.807) is 0 Å². The molecule has 150 valence electrons. The quantitative estimate of drug-likeness (QED) is 0.533. The number of Topliss-reactive ketones (excluding diaryl/α,β-unsaturated/α-hetero) is 1. The fourth-order valence-corrected chi connectivity index (χ4v) is 6.60. The number of ketones is 2. The van der Waals surface area contributed by atoms with Gasteiger partial charge in [-0.25, -0.2) is 0 Å². The van der Waals surface area contributed by atoms with E-state index in [0.29, 0.717) is 18.3 Å². The Bertz CT molecular complexity index is 858. The lowest BCUT2D eigenvalue weighted by molar-refractivity contribution is -0.145. The number of fused-ring (bicyclic) bond motifs is 5. The Morgan fingerprint density at radius 1 is 1.25 bits per heavy atom. The normalized spacial score (nSPS) is 36.8. The molecule has 28 heavy (non-hydrogen) atoms. The van der Waals surface area contributed by atoms with E-state index < -0.39 is 5.97 Å². The third-order valence-corrected chi connectivity index (χ3v) is 7.94. The summed E-state index contributed by atoms with van der Waals surface area (Å²) >= 11 is 0. The molecule has 0 bridgehead atoms. The molecule has 0 aliphatic heterocycles. The molecular weight excluding hydrogens is 352 g/mol. The molecule has 0 N–H and O–H groups in total. The Kier molecular flexibility index (Phi) is 4.52. The van der Waals surface area contributed by atoms with Gasteiger partial charge in [0.05, 0.1) is 0 Å². The first-order valence-electron chi connectivity index (χ1n) is 10.5. The van der Waals surface area contributed by atoms with Crippen LogP contribution < -0.4 is 0 Å². The number of hydrogen-bond acceptors (Lipinski definition) is 4. The van der Waals surface area contributed by atoms with Gasteiger partial charge in [0.15, 0.2) is 18.2 Å². The van der Waals surface area contributed by atoms with Gasteiger partial charge in [-0.05, 0) is 56.9 Å². The van der Waals surface area contributed by atoms with Crippen molar-refractivity contribution in [3.8, 4) is 0 Å². The molecular formula is C24H30O4. The molecule has 4 nitrogen and oxygen atoms in total. The standard InChI is InChI=1S/C24H30O4/c1-14-11-20-18-6-5-16-12-17(26)7-9-23(16,3)19(18)8-10-24(20,4)22(14)21(27)13-28-15(2)25/h8,12,18,20H,5-7,9-11,13H2,1-4H3/t18?,20?,23-,24-/m0/s1. The lowest BCUT2D eigenvalue weighted by atomic mass is 9.51. The van der Waals surface area contributed by atoms with Gasteiger partial charge in [-0.1, -0.05) is 36.6 Å². The molecule has 4 aliphatic carbocycles. The molecule has 0 amide bonds. The summed E-state index contributed by atoms with van der Waals surface area (Å²) in [6, 6.07) is 0. The van der Waals surface area contributed by atoms with Crippen LogP contribution in [0.2, 0.25) is 0 Å². The number of ether oxygens (including phenoxy) is 1. The molecule has 4 heteroatoms. The number of carbonyl (C=O) groups is 3. The average molecular weight is 383 g/mol. The van der Waals surface area contributed by atoms with Crippen LogP contribution >= 0.6 is 0 Å². The van der Waals surface area contributed by atoms with E-state index in [1.165, 1.54) is 18.1 Å². The van der Waals surface area contributed by atoms with Crippen molar-refractivity contribution in [3.63, 3.8) is 0 Å². The summed E-state index contributed by atoms with van der Waals surface area (Å²) in [6.45, 7) is 7.79. The van der Waals surface area contributed by atoms with Crippen LogP contribution in [0.3, 0.4) is 0 Å². The highest BCUT2D eigenvalue weighted by Gasteiger charge is 2.55. The van der Waals surface area contributed by atoms with Crippen LogP contribution in [0.15, 0.2) is 34.4 Å².